The van der Waals surface area contributed by atoms with Crippen molar-refractivity contribution in [2.45, 2.75) is 82.3 Å². The Labute approximate surface area is 225 Å². The van der Waals surface area contributed by atoms with Crippen LogP contribution < -0.4 is 16.4 Å². The van der Waals surface area contributed by atoms with E-state index in [2.05, 4.69) is 23.6 Å². The molecular weight excluding hydrogens is 518 g/mol. The Morgan fingerprint density at radius 3 is 2.71 bits per heavy atom. The molecule has 3 rings (SSSR count). The number of amides is 2. The maximum atomic E-state index is 12.9. The van der Waals surface area contributed by atoms with E-state index in [1.54, 1.807) is 0 Å². The van der Waals surface area contributed by atoms with Gasteiger partial charge >= 0.3 is 17.9 Å². The first-order chi connectivity index (χ1) is 17.9. The van der Waals surface area contributed by atoms with Gasteiger partial charge in [0.05, 0.1) is 11.5 Å². The lowest BCUT2D eigenvalue weighted by molar-refractivity contribution is -0.144. The number of carbonyl (C=O) groups is 5. The second-order valence-corrected chi connectivity index (χ2v) is 11.5. The van der Waals surface area contributed by atoms with Crippen LogP contribution in [0.25, 0.3) is 0 Å². The van der Waals surface area contributed by atoms with Crippen LogP contribution >= 0.6 is 11.8 Å². The minimum atomic E-state index is -1.24. The van der Waals surface area contributed by atoms with Crippen molar-refractivity contribution in [3.8, 4) is 0 Å². The zero-order valence-corrected chi connectivity index (χ0v) is 22.5. The summed E-state index contributed by atoms with van der Waals surface area (Å²) in [7, 11) is 0. The zero-order chi connectivity index (χ0) is 28.0. The number of nitrogens with one attached hydrogen (secondary N) is 2. The van der Waals surface area contributed by atoms with E-state index >= 15 is 0 Å². The molecule has 2 heterocycles. The summed E-state index contributed by atoms with van der Waals surface area (Å²) in [5.41, 5.74) is 6.39. The first-order valence-corrected chi connectivity index (χ1v) is 14.0. The maximum Gasteiger partial charge on any atom is 0.322 e. The van der Waals surface area contributed by atoms with Crippen LogP contribution in [-0.2, 0) is 33.4 Å². The number of carboxylic acids is 2. The Kier molecular flexibility index (Phi) is 10.2. The highest BCUT2D eigenvalue weighted by Crippen LogP contribution is 2.50. The molecule has 3 aliphatic rings. The van der Waals surface area contributed by atoms with Crippen LogP contribution in [0.2, 0.25) is 0 Å². The molecule has 0 aromatic heterocycles. The number of carboxylic acid groups (broad SMARTS) is 2. The molecule has 212 valence electrons. The van der Waals surface area contributed by atoms with Crippen LogP contribution in [-0.4, -0.2) is 87.9 Å². The van der Waals surface area contributed by atoms with E-state index in [0.717, 1.165) is 25.7 Å². The summed E-state index contributed by atoms with van der Waals surface area (Å²) in [6, 6.07) is -2.30. The molecule has 7 atom stereocenters. The normalized spacial score (nSPS) is 31.3. The minimum absolute atomic E-state index is 0.0466. The average Bonchev–Trinajstić information content (AvgIpc) is 3.42. The van der Waals surface area contributed by atoms with Gasteiger partial charge in [-0.05, 0) is 46.0 Å². The van der Waals surface area contributed by atoms with E-state index in [1.807, 2.05) is 6.92 Å². The molecule has 38 heavy (non-hydrogen) atoms. The molecule has 0 radical (unpaired) electrons. The average molecular weight is 556 g/mol. The lowest BCUT2D eigenvalue weighted by Crippen LogP contribution is -2.49. The van der Waals surface area contributed by atoms with Crippen molar-refractivity contribution in [2.24, 2.45) is 17.6 Å². The quantitative estimate of drug-likeness (QED) is 0.127. The highest BCUT2D eigenvalue weighted by Gasteiger charge is 2.62. The molecule has 0 aromatic rings. The molecule has 6 N–H and O–H groups in total. The lowest BCUT2D eigenvalue weighted by atomic mass is 9.81. The molecule has 2 amide bonds. The Morgan fingerprint density at radius 1 is 1.29 bits per heavy atom. The minimum Gasteiger partial charge on any atom is -0.480 e. The van der Waals surface area contributed by atoms with Gasteiger partial charge in [0.25, 0.3) is 0 Å². The molecule has 1 unspecified atom stereocenters. The fourth-order valence-electron chi connectivity index (χ4n) is 4.99. The van der Waals surface area contributed by atoms with E-state index in [9.17, 15) is 24.0 Å². The predicted octanol–water partition coefficient (Wildman–Crippen LogP) is 0.433. The lowest BCUT2D eigenvalue weighted by Gasteiger charge is -2.23. The van der Waals surface area contributed by atoms with Crippen molar-refractivity contribution in [1.29, 1.82) is 0 Å². The van der Waals surface area contributed by atoms with Gasteiger partial charge in [0.2, 0.25) is 11.8 Å². The van der Waals surface area contributed by atoms with Gasteiger partial charge in [0, 0.05) is 23.8 Å². The van der Waals surface area contributed by atoms with E-state index < -0.39 is 48.3 Å². The van der Waals surface area contributed by atoms with Crippen LogP contribution in [0.3, 0.4) is 0 Å². The molecule has 12 nitrogen and oxygen atoms in total. The number of hydrogen-bond acceptors (Lipinski definition) is 9. The largest absolute Gasteiger partial charge is 0.480 e. The standard InChI is InChI=1S/C25H37N3O9S/c1-13-4-3-9-25(2)21(37-25)20-14(6-5-13)15(24(35)36-20)11-38-12-17(22(32)27-10-19(30)31)28-18(29)8-7-16(26)23(33)34/h4,14-17,20-21H,3,5-12,26H2,1-2H3,(H,27,32)(H,28,29)(H,30,31)(H,33,34)/b13-4+/t14-,15-,16?,17-,20-,21+,25+/m0/s1. The summed E-state index contributed by atoms with van der Waals surface area (Å²) in [5, 5.41) is 22.6. The van der Waals surface area contributed by atoms with Crippen LogP contribution in [0.15, 0.2) is 11.6 Å². The molecule has 0 bridgehead atoms. The van der Waals surface area contributed by atoms with Crippen molar-refractivity contribution in [1.82, 2.24) is 10.6 Å². The van der Waals surface area contributed by atoms with Crippen LogP contribution in [0.1, 0.15) is 52.4 Å². The monoisotopic (exact) mass is 555 g/mol. The number of aliphatic carboxylic acids is 2. The second kappa shape index (κ2) is 12.9. The third-order valence-electron chi connectivity index (χ3n) is 7.39. The van der Waals surface area contributed by atoms with Gasteiger partial charge < -0.3 is 36.1 Å². The molecule has 2 fully saturated rings. The van der Waals surface area contributed by atoms with Crippen molar-refractivity contribution in [3.63, 3.8) is 0 Å². The van der Waals surface area contributed by atoms with Crippen molar-refractivity contribution in [3.05, 3.63) is 11.6 Å². The second-order valence-electron chi connectivity index (χ2n) is 10.4. The van der Waals surface area contributed by atoms with Crippen molar-refractivity contribution < 1.29 is 43.7 Å². The van der Waals surface area contributed by atoms with E-state index in [1.165, 1.54) is 17.3 Å². The van der Waals surface area contributed by atoms with Gasteiger partial charge in [-0.1, -0.05) is 11.6 Å². The number of nitrogens with two attached hydrogens (primary N) is 1. The molecule has 2 saturated heterocycles. The van der Waals surface area contributed by atoms with Crippen LogP contribution in [0.4, 0.5) is 0 Å². The zero-order valence-electron chi connectivity index (χ0n) is 21.6. The number of thioether (sulfide) groups is 1. The number of ether oxygens (including phenoxy) is 2. The first-order valence-electron chi connectivity index (χ1n) is 12.8. The number of epoxide rings is 1. The topological polar surface area (TPSA) is 198 Å². The van der Waals surface area contributed by atoms with E-state index in [-0.39, 0.29) is 48.3 Å². The van der Waals surface area contributed by atoms with Crippen LogP contribution in [0, 0.1) is 11.8 Å². The molecular formula is C25H37N3O9S. The van der Waals surface area contributed by atoms with E-state index in [4.69, 9.17) is 25.4 Å². The maximum absolute atomic E-state index is 12.9. The van der Waals surface area contributed by atoms with Gasteiger partial charge in [0.1, 0.15) is 30.8 Å². The fraction of sp³-hybridized carbons (Fsp3) is 0.720. The number of fused-ring (bicyclic) bond motifs is 3. The summed E-state index contributed by atoms with van der Waals surface area (Å²) in [4.78, 5) is 59.6. The molecule has 1 aliphatic carbocycles. The summed E-state index contributed by atoms with van der Waals surface area (Å²) in [6.45, 7) is 3.51. The van der Waals surface area contributed by atoms with E-state index in [0.29, 0.717) is 5.75 Å². The first kappa shape index (κ1) is 29.9. The van der Waals surface area contributed by atoms with Gasteiger partial charge in [-0.15, -0.1) is 0 Å². The number of rotatable bonds is 12. The smallest absolute Gasteiger partial charge is 0.322 e. The van der Waals surface area contributed by atoms with Gasteiger partial charge in [-0.25, -0.2) is 0 Å². The Hall–Kier alpha value is -2.64. The summed E-state index contributed by atoms with van der Waals surface area (Å²) in [5.74, 6) is -4.07. The fourth-order valence-corrected chi connectivity index (χ4v) is 6.23. The molecule has 0 spiro atoms. The Morgan fingerprint density at radius 2 is 2.03 bits per heavy atom. The SMILES string of the molecule is C/C1=C\CC[C@@]2(C)O[C@@H]2[C@H]2OC(=O)[C@@H](CSC[C@H](NC(=O)CCC(N)C(=O)O)C(=O)NCC(=O)O)[C@@H]2CC1. The van der Waals surface area contributed by atoms with Gasteiger partial charge in [-0.2, -0.15) is 11.8 Å². The summed E-state index contributed by atoms with van der Waals surface area (Å²) < 4.78 is 11.8. The summed E-state index contributed by atoms with van der Waals surface area (Å²) in [6.07, 6.45) is 4.82. The number of allylic oxidation sites excluding steroid dienone is 2. The van der Waals surface area contributed by atoms with Crippen molar-refractivity contribution in [2.75, 3.05) is 18.1 Å². The van der Waals surface area contributed by atoms with Crippen LogP contribution in [0.5, 0.6) is 0 Å². The summed E-state index contributed by atoms with van der Waals surface area (Å²) >= 11 is 1.29. The predicted molar refractivity (Wildman–Crippen MR) is 137 cm³/mol. The number of carbonyl (C=O) groups excluding carboxylic acids is 3. The molecule has 0 saturated carbocycles. The molecule has 2 aliphatic heterocycles. The van der Waals surface area contributed by atoms with Crippen molar-refractivity contribution >= 4 is 41.5 Å². The highest BCUT2D eigenvalue weighted by molar-refractivity contribution is 7.99. The Balaban J connectivity index is 1.62. The highest BCUT2D eigenvalue weighted by atomic mass is 32.2. The Bertz CT molecular complexity index is 974. The third kappa shape index (κ3) is 7.93. The third-order valence-corrected chi connectivity index (χ3v) is 8.55. The van der Waals surface area contributed by atoms with Gasteiger partial charge in [0.15, 0.2) is 0 Å². The van der Waals surface area contributed by atoms with Gasteiger partial charge in [-0.3, -0.25) is 24.0 Å². The molecule has 13 heteroatoms. The number of esters is 1. The molecule has 0 aromatic carbocycles. The number of hydrogen-bond donors (Lipinski definition) is 5.